The minimum absolute atomic E-state index is 0.194. The first-order valence-electron chi connectivity index (χ1n) is 7.46. The van der Waals surface area contributed by atoms with Gasteiger partial charge in [-0.2, -0.15) is 0 Å². The Hall–Kier alpha value is -1.76. The first-order valence-corrected chi connectivity index (χ1v) is 10.1. The van der Waals surface area contributed by atoms with Gasteiger partial charge in [-0.25, -0.2) is 8.42 Å². The zero-order valence-corrected chi connectivity index (χ0v) is 16.1. The van der Waals surface area contributed by atoms with Crippen LogP contribution in [0.1, 0.15) is 17.5 Å². The molecule has 0 heterocycles. The molecule has 0 aromatic heterocycles. The highest BCUT2D eigenvalue weighted by Gasteiger charge is 2.09. The maximum Gasteiger partial charge on any atom is 0.229 e. The molecule has 134 valence electrons. The number of rotatable bonds is 6. The summed E-state index contributed by atoms with van der Waals surface area (Å²) in [4.78, 5) is 12.1. The Balaban J connectivity index is 2.01. The number of benzene rings is 2. The highest BCUT2D eigenvalue weighted by atomic mass is 35.5. The third kappa shape index (κ3) is 6.23. The lowest BCUT2D eigenvalue weighted by atomic mass is 10.1. The molecule has 25 heavy (non-hydrogen) atoms. The van der Waals surface area contributed by atoms with Crippen LogP contribution in [-0.4, -0.2) is 20.6 Å². The average molecular weight is 401 g/mol. The molecule has 0 radical (unpaired) electrons. The molecule has 0 saturated carbocycles. The van der Waals surface area contributed by atoms with Crippen LogP contribution in [0.15, 0.2) is 36.4 Å². The minimum atomic E-state index is -3.39. The van der Waals surface area contributed by atoms with Crippen LogP contribution in [0.3, 0.4) is 0 Å². The lowest BCUT2D eigenvalue weighted by molar-refractivity contribution is -0.116. The van der Waals surface area contributed by atoms with Crippen molar-refractivity contribution in [1.82, 2.24) is 0 Å². The molecular weight excluding hydrogens is 383 g/mol. The Morgan fingerprint density at radius 1 is 1.12 bits per heavy atom. The summed E-state index contributed by atoms with van der Waals surface area (Å²) < 4.78 is 25.2. The van der Waals surface area contributed by atoms with Gasteiger partial charge in [-0.1, -0.05) is 35.3 Å². The van der Waals surface area contributed by atoms with E-state index in [1.807, 2.05) is 0 Å². The van der Waals surface area contributed by atoms with Crippen molar-refractivity contribution < 1.29 is 13.2 Å². The normalized spacial score (nSPS) is 11.2. The molecule has 2 aromatic rings. The van der Waals surface area contributed by atoms with Gasteiger partial charge < -0.3 is 5.32 Å². The SMILES string of the molecule is Cc1ccc(NC(=O)CCc2ccc(Cl)cc2Cl)cc1NS(C)(=O)=O. The number of carbonyl (C=O) groups excluding carboxylic acids is 1. The second-order valence-corrected chi connectivity index (χ2v) is 8.28. The molecule has 0 spiro atoms. The van der Waals surface area contributed by atoms with Crippen molar-refractivity contribution in [3.05, 3.63) is 57.6 Å². The molecule has 0 fully saturated rings. The van der Waals surface area contributed by atoms with Crippen LogP contribution in [0.2, 0.25) is 10.0 Å². The number of carbonyl (C=O) groups is 1. The molecule has 0 bridgehead atoms. The maximum absolute atomic E-state index is 12.1. The van der Waals surface area contributed by atoms with Crippen LogP contribution in [-0.2, 0) is 21.2 Å². The van der Waals surface area contributed by atoms with Crippen molar-refractivity contribution in [2.45, 2.75) is 19.8 Å². The van der Waals surface area contributed by atoms with Crippen LogP contribution in [0, 0.1) is 6.92 Å². The van der Waals surface area contributed by atoms with Crippen molar-refractivity contribution in [3.8, 4) is 0 Å². The molecule has 1 amide bonds. The van der Waals surface area contributed by atoms with E-state index in [1.54, 1.807) is 43.3 Å². The van der Waals surface area contributed by atoms with Gasteiger partial charge >= 0.3 is 0 Å². The van der Waals surface area contributed by atoms with Crippen molar-refractivity contribution in [3.63, 3.8) is 0 Å². The Kier molecular flexibility index (Phi) is 6.32. The van der Waals surface area contributed by atoms with E-state index in [2.05, 4.69) is 10.0 Å². The van der Waals surface area contributed by atoms with Gasteiger partial charge in [0.1, 0.15) is 0 Å². The Labute approximate surface area is 157 Å². The van der Waals surface area contributed by atoms with Crippen LogP contribution in [0.4, 0.5) is 11.4 Å². The molecule has 0 atom stereocenters. The Morgan fingerprint density at radius 2 is 1.84 bits per heavy atom. The number of anilines is 2. The highest BCUT2D eigenvalue weighted by molar-refractivity contribution is 7.92. The fraction of sp³-hybridized carbons (Fsp3) is 0.235. The number of halogens is 2. The van der Waals surface area contributed by atoms with E-state index in [0.29, 0.717) is 27.8 Å². The predicted molar refractivity (Wildman–Crippen MR) is 103 cm³/mol. The molecule has 5 nitrogen and oxygen atoms in total. The molecule has 2 rings (SSSR count). The van der Waals surface area contributed by atoms with Gasteiger partial charge in [-0.3, -0.25) is 9.52 Å². The zero-order chi connectivity index (χ0) is 18.6. The molecule has 0 unspecified atom stereocenters. The molecule has 2 aromatic carbocycles. The van der Waals surface area contributed by atoms with Crippen LogP contribution in [0.25, 0.3) is 0 Å². The number of nitrogens with one attached hydrogen (secondary N) is 2. The van der Waals surface area contributed by atoms with Crippen LogP contribution >= 0.6 is 23.2 Å². The first-order chi connectivity index (χ1) is 11.6. The van der Waals surface area contributed by atoms with E-state index in [1.165, 1.54) is 0 Å². The van der Waals surface area contributed by atoms with Gasteiger partial charge in [0.2, 0.25) is 15.9 Å². The fourth-order valence-electron chi connectivity index (χ4n) is 2.21. The number of hydrogen-bond donors (Lipinski definition) is 2. The quantitative estimate of drug-likeness (QED) is 0.760. The van der Waals surface area contributed by atoms with Gasteiger partial charge in [0, 0.05) is 22.2 Å². The Morgan fingerprint density at radius 3 is 2.48 bits per heavy atom. The van der Waals surface area contributed by atoms with Crippen molar-refractivity contribution >= 4 is 50.5 Å². The van der Waals surface area contributed by atoms with Gasteiger partial charge in [0.15, 0.2) is 0 Å². The summed E-state index contributed by atoms with van der Waals surface area (Å²) in [5.41, 5.74) is 2.55. The Bertz CT molecular complexity index is 899. The van der Waals surface area contributed by atoms with E-state index >= 15 is 0 Å². The number of sulfonamides is 1. The predicted octanol–water partition coefficient (Wildman–Crippen LogP) is 4.24. The lowest BCUT2D eigenvalue weighted by Gasteiger charge is -2.11. The summed E-state index contributed by atoms with van der Waals surface area (Å²) in [5.74, 6) is -0.194. The van der Waals surface area contributed by atoms with E-state index < -0.39 is 10.0 Å². The van der Waals surface area contributed by atoms with Gasteiger partial charge in [0.25, 0.3) is 0 Å². The average Bonchev–Trinajstić information content (AvgIpc) is 2.48. The summed E-state index contributed by atoms with van der Waals surface area (Å²) in [6.45, 7) is 1.78. The second kappa shape index (κ2) is 8.08. The van der Waals surface area contributed by atoms with E-state index in [9.17, 15) is 13.2 Å². The monoisotopic (exact) mass is 400 g/mol. The molecule has 0 aliphatic rings. The fourth-order valence-corrected chi connectivity index (χ4v) is 3.33. The molecular formula is C17H18Cl2N2O3S. The summed E-state index contributed by atoms with van der Waals surface area (Å²) in [7, 11) is -3.39. The molecule has 0 aliphatic carbocycles. The number of amides is 1. The van der Waals surface area contributed by atoms with Crippen LogP contribution in [0.5, 0.6) is 0 Å². The first kappa shape index (κ1) is 19.6. The molecule has 0 aliphatic heterocycles. The third-order valence-electron chi connectivity index (χ3n) is 3.45. The molecule has 2 N–H and O–H groups in total. The summed E-state index contributed by atoms with van der Waals surface area (Å²) in [6, 6.07) is 10.2. The van der Waals surface area contributed by atoms with Crippen molar-refractivity contribution in [1.29, 1.82) is 0 Å². The third-order valence-corrected chi connectivity index (χ3v) is 4.63. The topological polar surface area (TPSA) is 75.3 Å². The van der Waals surface area contributed by atoms with E-state index in [0.717, 1.165) is 17.4 Å². The lowest BCUT2D eigenvalue weighted by Crippen LogP contribution is -2.14. The number of hydrogen-bond acceptors (Lipinski definition) is 3. The molecule has 8 heteroatoms. The highest BCUT2D eigenvalue weighted by Crippen LogP contribution is 2.23. The summed E-state index contributed by atoms with van der Waals surface area (Å²) >= 11 is 11.9. The smallest absolute Gasteiger partial charge is 0.229 e. The van der Waals surface area contributed by atoms with Crippen molar-refractivity contribution in [2.75, 3.05) is 16.3 Å². The van der Waals surface area contributed by atoms with E-state index in [4.69, 9.17) is 23.2 Å². The second-order valence-electron chi connectivity index (χ2n) is 5.69. The van der Waals surface area contributed by atoms with Gasteiger partial charge in [-0.15, -0.1) is 0 Å². The van der Waals surface area contributed by atoms with Crippen molar-refractivity contribution in [2.24, 2.45) is 0 Å². The summed E-state index contributed by atoms with van der Waals surface area (Å²) in [5, 5.41) is 3.82. The van der Waals surface area contributed by atoms with Gasteiger partial charge in [-0.05, 0) is 48.7 Å². The zero-order valence-electron chi connectivity index (χ0n) is 13.8. The minimum Gasteiger partial charge on any atom is -0.326 e. The summed E-state index contributed by atoms with van der Waals surface area (Å²) in [6.07, 6.45) is 1.79. The molecule has 0 saturated heterocycles. The van der Waals surface area contributed by atoms with Crippen LogP contribution < -0.4 is 10.0 Å². The maximum atomic E-state index is 12.1. The standard InChI is InChI=1S/C17H18Cl2N2O3S/c1-11-3-7-14(10-16(11)21-25(2,23)24)20-17(22)8-5-12-4-6-13(18)9-15(12)19/h3-4,6-7,9-10,21H,5,8H2,1-2H3,(H,20,22). The number of aryl methyl sites for hydroxylation is 2. The largest absolute Gasteiger partial charge is 0.326 e. The van der Waals surface area contributed by atoms with Gasteiger partial charge in [0.05, 0.1) is 11.9 Å². The van der Waals surface area contributed by atoms with E-state index in [-0.39, 0.29) is 12.3 Å².